The third kappa shape index (κ3) is 3.70. The fourth-order valence-electron chi connectivity index (χ4n) is 1.55. The van der Waals surface area contributed by atoms with Crippen LogP contribution in [-0.2, 0) is 15.8 Å². The number of aliphatic hydroxyl groups excluding tert-OH is 1. The third-order valence-electron chi connectivity index (χ3n) is 2.42. The molecule has 2 N–H and O–H groups in total. The van der Waals surface area contributed by atoms with Crippen molar-refractivity contribution in [1.82, 2.24) is 0 Å². The van der Waals surface area contributed by atoms with E-state index in [0.717, 1.165) is 0 Å². The summed E-state index contributed by atoms with van der Waals surface area (Å²) in [6, 6.07) is 17.7. The second-order valence-corrected chi connectivity index (χ2v) is 3.54. The van der Waals surface area contributed by atoms with Crippen molar-refractivity contribution in [3.05, 3.63) is 71.8 Å². The van der Waals surface area contributed by atoms with Crippen LogP contribution in [-0.4, -0.2) is 10.9 Å². The molecule has 0 amide bonds. The summed E-state index contributed by atoms with van der Waals surface area (Å²) < 4.78 is 5.56. The van der Waals surface area contributed by atoms with Crippen molar-refractivity contribution in [3.8, 4) is 0 Å². The van der Waals surface area contributed by atoms with Crippen LogP contribution in [0, 0.1) is 4.38 Å². The topological polar surface area (TPSA) is 61.1 Å². The second-order valence-electron chi connectivity index (χ2n) is 3.54. The van der Waals surface area contributed by atoms with E-state index in [-0.39, 0.29) is 5.78 Å². The monoisotopic (exact) mass is 282 g/mol. The Morgan fingerprint density at radius 1 is 0.944 bits per heavy atom. The van der Waals surface area contributed by atoms with Gasteiger partial charge in [-0.05, 0) is 5.56 Å². The first-order valence-electron chi connectivity index (χ1n) is 5.30. The Balaban J connectivity index is 0.000000771. The molecule has 0 spiro atoms. The molecule has 0 bridgehead atoms. The summed E-state index contributed by atoms with van der Waals surface area (Å²) in [5.74, 6) is -0.271. The number of Topliss-reactive ketones (excluding diaryl/α,β-unsaturated/α-hetero) is 1. The van der Waals surface area contributed by atoms with E-state index in [2.05, 4.69) is 15.8 Å². The van der Waals surface area contributed by atoms with Crippen molar-refractivity contribution < 1.29 is 25.7 Å². The molecule has 2 rings (SSSR count). The zero-order chi connectivity index (χ0) is 13.4. The van der Waals surface area contributed by atoms with Crippen LogP contribution in [0.4, 0.5) is 0 Å². The zero-order valence-electron chi connectivity index (χ0n) is 9.58. The molecule has 2 aromatic rings. The van der Waals surface area contributed by atoms with Gasteiger partial charge in [-0.1, -0.05) is 60.7 Å². The summed E-state index contributed by atoms with van der Waals surface area (Å²) in [6.07, 6.45) is -1.08. The number of hydrogen-bond acceptors (Lipinski definition) is 3. The first-order chi connectivity index (χ1) is 8.79. The quantitative estimate of drug-likeness (QED) is 0.671. The first-order valence-corrected chi connectivity index (χ1v) is 5.89. The normalized spacial score (nSPS) is 10.9. The van der Waals surface area contributed by atoms with Crippen molar-refractivity contribution in [2.45, 2.75) is 6.10 Å². The number of ketones is 1. The van der Waals surface area contributed by atoms with Crippen LogP contribution in [0.5, 0.6) is 0 Å². The standard InChI is InChI=1S/C14H12O2.Mn.HN/c15-13(11-7-3-1-4-8-11)14(16)12-9-5-2-6-10-12;;/h1-10,13,15H;;1H. The SMILES string of the molecule is O=C(c1ccccc1)C(O)c1ccccc1.[NH]=[Mn]. The fourth-order valence-corrected chi connectivity index (χ4v) is 1.55. The molecule has 0 radical (unpaired) electrons. The molecule has 0 fully saturated rings. The van der Waals surface area contributed by atoms with Gasteiger partial charge in [-0.15, -0.1) is 0 Å². The Hall–Kier alpha value is -1.61. The van der Waals surface area contributed by atoms with Gasteiger partial charge in [-0.3, -0.25) is 4.79 Å². The summed E-state index contributed by atoms with van der Waals surface area (Å²) >= 11 is 2.19. The van der Waals surface area contributed by atoms with Crippen molar-refractivity contribution in [1.29, 1.82) is 4.38 Å². The molecule has 4 heteroatoms. The maximum absolute atomic E-state index is 11.9. The van der Waals surface area contributed by atoms with E-state index in [0.29, 0.717) is 11.1 Å². The molecular formula is C14H13MnNO2. The molecule has 0 aromatic heterocycles. The zero-order valence-corrected chi connectivity index (χ0v) is 10.8. The molecule has 1 unspecified atom stereocenters. The van der Waals surface area contributed by atoms with Crippen molar-refractivity contribution in [3.63, 3.8) is 0 Å². The van der Waals surface area contributed by atoms with Gasteiger partial charge in [-0.25, -0.2) is 0 Å². The van der Waals surface area contributed by atoms with E-state index in [1.54, 1.807) is 48.5 Å². The minimum absolute atomic E-state index is 0.271. The van der Waals surface area contributed by atoms with E-state index in [1.165, 1.54) is 0 Å². The Morgan fingerprint density at radius 2 is 1.39 bits per heavy atom. The number of rotatable bonds is 3. The van der Waals surface area contributed by atoms with Crippen LogP contribution in [0.25, 0.3) is 0 Å². The van der Waals surface area contributed by atoms with Crippen molar-refractivity contribution in [2.75, 3.05) is 0 Å². The molecule has 3 nitrogen and oxygen atoms in total. The van der Waals surface area contributed by atoms with Crippen LogP contribution in [0.1, 0.15) is 22.0 Å². The van der Waals surface area contributed by atoms with Gasteiger partial charge in [0.05, 0.1) is 0 Å². The van der Waals surface area contributed by atoms with Gasteiger partial charge in [-0.2, -0.15) is 0 Å². The Morgan fingerprint density at radius 3 is 1.89 bits per heavy atom. The molecule has 93 valence electrons. The van der Waals surface area contributed by atoms with Gasteiger partial charge in [0.2, 0.25) is 0 Å². The Bertz CT molecular complexity index is 488. The van der Waals surface area contributed by atoms with Crippen LogP contribution >= 0.6 is 0 Å². The predicted molar refractivity (Wildman–Crippen MR) is 64.9 cm³/mol. The van der Waals surface area contributed by atoms with Crippen LogP contribution < -0.4 is 0 Å². The van der Waals surface area contributed by atoms with E-state index < -0.39 is 6.10 Å². The summed E-state index contributed by atoms with van der Waals surface area (Å²) in [7, 11) is 0. The summed E-state index contributed by atoms with van der Waals surface area (Å²) in [6.45, 7) is 0. The number of nitrogens with one attached hydrogen (secondary N) is 1. The first kappa shape index (κ1) is 14.5. The molecule has 1 atom stereocenters. The number of benzene rings is 2. The molecule has 0 heterocycles. The number of carbonyl (C=O) groups excluding carboxylic acids is 1. The summed E-state index contributed by atoms with van der Waals surface area (Å²) in [5, 5.41) is 9.89. The molecule has 0 saturated carbocycles. The van der Waals surface area contributed by atoms with Gasteiger partial charge in [0.15, 0.2) is 5.78 Å². The van der Waals surface area contributed by atoms with Crippen molar-refractivity contribution >= 4 is 5.78 Å². The third-order valence-corrected chi connectivity index (χ3v) is 2.42. The molecule has 0 aliphatic rings. The van der Waals surface area contributed by atoms with Gasteiger partial charge in [0.25, 0.3) is 0 Å². The average molecular weight is 282 g/mol. The molecule has 18 heavy (non-hydrogen) atoms. The molecule has 2 aromatic carbocycles. The van der Waals surface area contributed by atoms with Crippen LogP contribution in [0.2, 0.25) is 0 Å². The predicted octanol–water partition coefficient (Wildman–Crippen LogP) is 2.90. The maximum atomic E-state index is 11.9. The average Bonchev–Trinajstić information content (AvgIpc) is 2.49. The number of aliphatic hydroxyl groups is 1. The molecule has 0 aliphatic carbocycles. The van der Waals surface area contributed by atoms with E-state index in [1.807, 2.05) is 12.1 Å². The van der Waals surface area contributed by atoms with E-state index in [9.17, 15) is 9.90 Å². The second kappa shape index (κ2) is 7.66. The van der Waals surface area contributed by atoms with Gasteiger partial charge in [0.1, 0.15) is 6.10 Å². The Labute approximate surface area is 114 Å². The Kier molecular flexibility index (Phi) is 6.15. The summed E-state index contributed by atoms with van der Waals surface area (Å²) in [5.41, 5.74) is 1.15. The molecule has 0 saturated heterocycles. The summed E-state index contributed by atoms with van der Waals surface area (Å²) in [4.78, 5) is 11.9. The van der Waals surface area contributed by atoms with Gasteiger partial charge >= 0.3 is 20.2 Å². The van der Waals surface area contributed by atoms with Gasteiger partial charge < -0.3 is 5.11 Å². The van der Waals surface area contributed by atoms with E-state index in [4.69, 9.17) is 4.38 Å². The fraction of sp³-hybridized carbons (Fsp3) is 0.0714. The van der Waals surface area contributed by atoms with Crippen LogP contribution in [0.15, 0.2) is 60.7 Å². The molecule has 0 aliphatic heterocycles. The number of hydrogen-bond donors (Lipinski definition) is 2. The van der Waals surface area contributed by atoms with Gasteiger partial charge in [0, 0.05) is 5.56 Å². The van der Waals surface area contributed by atoms with Crippen molar-refractivity contribution in [2.24, 2.45) is 0 Å². The minimum atomic E-state index is -1.08. The van der Waals surface area contributed by atoms with E-state index >= 15 is 0 Å². The number of carbonyl (C=O) groups is 1. The van der Waals surface area contributed by atoms with Crippen LogP contribution in [0.3, 0.4) is 0 Å². The molecular weight excluding hydrogens is 269 g/mol.